The average molecular weight is 348 g/mol. The van der Waals surface area contributed by atoms with Gasteiger partial charge in [-0.25, -0.2) is 9.37 Å². The van der Waals surface area contributed by atoms with Gasteiger partial charge in [0.1, 0.15) is 5.75 Å². The van der Waals surface area contributed by atoms with Crippen LogP contribution in [0.5, 0.6) is 5.75 Å². The summed E-state index contributed by atoms with van der Waals surface area (Å²) in [6.45, 7) is 0. The summed E-state index contributed by atoms with van der Waals surface area (Å²) in [4.78, 5) is 8.14. The lowest BCUT2D eigenvalue weighted by atomic mass is 9.97. The van der Waals surface area contributed by atoms with E-state index in [1.54, 1.807) is 18.2 Å². The van der Waals surface area contributed by atoms with Gasteiger partial charge in [-0.05, 0) is 48.2 Å². The highest BCUT2D eigenvalue weighted by Gasteiger charge is 2.10. The van der Waals surface area contributed by atoms with Crippen molar-refractivity contribution in [2.75, 3.05) is 10.6 Å². The number of aryl methyl sites for hydroxylation is 1. The number of nitrogens with zero attached hydrogens (tertiary/aromatic N) is 2. The molecule has 0 aliphatic heterocycles. The highest BCUT2D eigenvalue weighted by molar-refractivity contribution is 5.66. The highest BCUT2D eigenvalue weighted by atomic mass is 19.1. The molecule has 0 saturated carbocycles. The van der Waals surface area contributed by atoms with Gasteiger partial charge >= 0.3 is 0 Å². The second kappa shape index (κ2) is 6.84. The van der Waals surface area contributed by atoms with Crippen LogP contribution in [0.2, 0.25) is 0 Å². The Morgan fingerprint density at radius 1 is 1.04 bits per heavy atom. The van der Waals surface area contributed by atoms with Gasteiger partial charge in [-0.15, -0.1) is 0 Å². The van der Waals surface area contributed by atoms with Crippen molar-refractivity contribution in [2.45, 2.75) is 12.8 Å². The number of phenolic OH excluding ortho intramolecular Hbond substituents is 1. The van der Waals surface area contributed by atoms with Crippen molar-refractivity contribution in [1.82, 2.24) is 9.97 Å². The molecule has 1 aliphatic carbocycles. The van der Waals surface area contributed by atoms with E-state index in [0.29, 0.717) is 5.69 Å². The van der Waals surface area contributed by atoms with Gasteiger partial charge in [0.2, 0.25) is 5.95 Å². The van der Waals surface area contributed by atoms with Crippen LogP contribution in [0, 0.1) is 5.82 Å². The van der Waals surface area contributed by atoms with Crippen molar-refractivity contribution in [3.63, 3.8) is 0 Å². The van der Waals surface area contributed by atoms with Crippen molar-refractivity contribution in [3.05, 3.63) is 71.7 Å². The average Bonchev–Trinajstić information content (AvgIpc) is 2.64. The number of aromatic hydroxyl groups is 1. The Morgan fingerprint density at radius 3 is 2.81 bits per heavy atom. The number of fused-ring (bicyclic) bond motifs is 1. The Morgan fingerprint density at radius 2 is 1.92 bits per heavy atom. The van der Waals surface area contributed by atoms with Crippen LogP contribution in [0.1, 0.15) is 17.5 Å². The standard InChI is InChI=1S/C20H17FN4O/c21-18-12-22-20(24-15-6-3-7-17(26)11-15)25-19(18)23-16-9-8-13-4-1-2-5-14(13)10-16/h2-3,5-12,26H,1,4H2,(H2,22,23,24,25). The molecule has 0 radical (unpaired) electrons. The lowest BCUT2D eigenvalue weighted by molar-refractivity contribution is 0.475. The number of aromatic nitrogens is 2. The van der Waals surface area contributed by atoms with Crippen LogP contribution in [0.3, 0.4) is 0 Å². The fraction of sp³-hybridized carbons (Fsp3) is 0.100. The van der Waals surface area contributed by atoms with Crippen LogP contribution in [-0.2, 0) is 6.42 Å². The van der Waals surface area contributed by atoms with E-state index in [-0.39, 0.29) is 17.5 Å². The maximum Gasteiger partial charge on any atom is 0.229 e. The van der Waals surface area contributed by atoms with Gasteiger partial charge in [-0.3, -0.25) is 0 Å². The van der Waals surface area contributed by atoms with Crippen LogP contribution in [0.15, 0.2) is 54.7 Å². The van der Waals surface area contributed by atoms with Crippen LogP contribution in [0.25, 0.3) is 6.08 Å². The number of benzene rings is 2. The predicted molar refractivity (Wildman–Crippen MR) is 100 cm³/mol. The molecule has 0 spiro atoms. The Kier molecular flexibility index (Phi) is 4.23. The molecule has 0 amide bonds. The lowest BCUT2D eigenvalue weighted by Gasteiger charge is -2.14. The molecule has 130 valence electrons. The van der Waals surface area contributed by atoms with Crippen LogP contribution < -0.4 is 10.6 Å². The van der Waals surface area contributed by atoms with E-state index in [0.717, 1.165) is 30.3 Å². The quantitative estimate of drug-likeness (QED) is 0.634. The Bertz CT molecular complexity index is 987. The van der Waals surface area contributed by atoms with Crippen molar-refractivity contribution in [1.29, 1.82) is 0 Å². The normalized spacial score (nSPS) is 12.5. The van der Waals surface area contributed by atoms with Gasteiger partial charge in [0.25, 0.3) is 0 Å². The maximum absolute atomic E-state index is 14.1. The molecular formula is C20H17FN4O. The molecule has 6 heteroatoms. The van der Waals surface area contributed by atoms with E-state index >= 15 is 0 Å². The van der Waals surface area contributed by atoms with Gasteiger partial charge in [0.15, 0.2) is 11.6 Å². The van der Waals surface area contributed by atoms with E-state index in [9.17, 15) is 9.50 Å². The Labute approximate surface area is 150 Å². The van der Waals surface area contributed by atoms with E-state index in [1.165, 1.54) is 11.6 Å². The monoisotopic (exact) mass is 348 g/mol. The first-order valence-electron chi connectivity index (χ1n) is 8.32. The van der Waals surface area contributed by atoms with Gasteiger partial charge in [-0.1, -0.05) is 24.3 Å². The molecule has 1 aliphatic rings. The fourth-order valence-corrected chi connectivity index (χ4v) is 2.87. The number of phenols is 1. The minimum Gasteiger partial charge on any atom is -0.508 e. The summed E-state index contributed by atoms with van der Waals surface area (Å²) in [6.07, 6.45) is 7.39. The largest absolute Gasteiger partial charge is 0.508 e. The van der Waals surface area contributed by atoms with Crippen LogP contribution >= 0.6 is 0 Å². The summed E-state index contributed by atoms with van der Waals surface area (Å²) >= 11 is 0. The van der Waals surface area contributed by atoms with E-state index in [4.69, 9.17) is 0 Å². The summed E-state index contributed by atoms with van der Waals surface area (Å²) in [5.41, 5.74) is 3.79. The molecule has 1 aromatic heterocycles. The number of allylic oxidation sites excluding steroid dienone is 1. The summed E-state index contributed by atoms with van der Waals surface area (Å²) in [5, 5.41) is 15.5. The molecule has 0 saturated heterocycles. The minimum absolute atomic E-state index is 0.0855. The zero-order chi connectivity index (χ0) is 17.9. The lowest BCUT2D eigenvalue weighted by Crippen LogP contribution is -2.04. The first-order chi connectivity index (χ1) is 12.7. The van der Waals surface area contributed by atoms with Crippen molar-refractivity contribution >= 4 is 29.2 Å². The van der Waals surface area contributed by atoms with Gasteiger partial charge in [-0.2, -0.15) is 4.98 Å². The molecule has 4 rings (SSSR count). The number of nitrogens with one attached hydrogen (secondary N) is 2. The summed E-state index contributed by atoms with van der Waals surface area (Å²) in [7, 11) is 0. The SMILES string of the molecule is Oc1cccc(Nc2ncc(F)c(Nc3ccc4c(c3)C=CCC4)n2)c1. The third-order valence-electron chi connectivity index (χ3n) is 4.13. The molecular weight excluding hydrogens is 331 g/mol. The summed E-state index contributed by atoms with van der Waals surface area (Å²) < 4.78 is 14.1. The molecule has 3 N–H and O–H groups in total. The molecule has 26 heavy (non-hydrogen) atoms. The molecule has 0 unspecified atom stereocenters. The Balaban J connectivity index is 1.58. The zero-order valence-corrected chi connectivity index (χ0v) is 13.9. The molecule has 0 fully saturated rings. The molecule has 2 aromatic carbocycles. The van der Waals surface area contributed by atoms with E-state index < -0.39 is 5.82 Å². The highest BCUT2D eigenvalue weighted by Crippen LogP contribution is 2.26. The molecule has 1 heterocycles. The minimum atomic E-state index is -0.542. The zero-order valence-electron chi connectivity index (χ0n) is 13.9. The second-order valence-corrected chi connectivity index (χ2v) is 6.05. The smallest absolute Gasteiger partial charge is 0.229 e. The van der Waals surface area contributed by atoms with E-state index in [1.807, 2.05) is 18.2 Å². The second-order valence-electron chi connectivity index (χ2n) is 6.05. The van der Waals surface area contributed by atoms with Gasteiger partial charge in [0, 0.05) is 17.4 Å². The predicted octanol–water partition coefficient (Wildman–Crippen LogP) is 4.77. The van der Waals surface area contributed by atoms with Crippen LogP contribution in [-0.4, -0.2) is 15.1 Å². The van der Waals surface area contributed by atoms with Crippen molar-refractivity contribution in [3.8, 4) is 5.75 Å². The van der Waals surface area contributed by atoms with Gasteiger partial charge in [0.05, 0.1) is 6.20 Å². The Hall–Kier alpha value is -3.41. The topological polar surface area (TPSA) is 70.1 Å². The summed E-state index contributed by atoms with van der Waals surface area (Å²) in [5.74, 6) is -0.1000. The maximum atomic E-state index is 14.1. The molecule has 0 bridgehead atoms. The summed E-state index contributed by atoms with van der Waals surface area (Å²) in [6, 6.07) is 12.5. The molecule has 0 atom stereocenters. The number of hydrogen-bond acceptors (Lipinski definition) is 5. The number of hydrogen-bond donors (Lipinski definition) is 3. The number of rotatable bonds is 4. The van der Waals surface area contributed by atoms with Crippen molar-refractivity contribution < 1.29 is 9.50 Å². The van der Waals surface area contributed by atoms with E-state index in [2.05, 4.69) is 32.8 Å². The molecule has 3 aromatic rings. The number of halogens is 1. The first-order valence-corrected chi connectivity index (χ1v) is 8.32. The first kappa shape index (κ1) is 16.1. The third-order valence-corrected chi connectivity index (χ3v) is 4.13. The number of anilines is 4. The van der Waals surface area contributed by atoms with Crippen molar-refractivity contribution in [2.24, 2.45) is 0 Å². The fourth-order valence-electron chi connectivity index (χ4n) is 2.87. The molecule has 5 nitrogen and oxygen atoms in total. The van der Waals surface area contributed by atoms with Gasteiger partial charge < -0.3 is 15.7 Å². The van der Waals surface area contributed by atoms with Crippen LogP contribution in [0.4, 0.5) is 27.5 Å². The third kappa shape index (κ3) is 3.49.